The van der Waals surface area contributed by atoms with Crippen molar-refractivity contribution in [1.29, 1.82) is 0 Å². The van der Waals surface area contributed by atoms with Crippen LogP contribution >= 0.6 is 23.2 Å². The van der Waals surface area contributed by atoms with Crippen LogP contribution in [0.2, 0.25) is 10.0 Å². The second kappa shape index (κ2) is 13.8. The molecule has 2 atom stereocenters. The largest absolute Gasteiger partial charge is 0.489 e. The van der Waals surface area contributed by atoms with Gasteiger partial charge in [-0.15, -0.1) is 0 Å². The van der Waals surface area contributed by atoms with E-state index >= 15 is 0 Å². The molecule has 4 aromatic rings. The van der Waals surface area contributed by atoms with Gasteiger partial charge < -0.3 is 9.47 Å². The Hall–Kier alpha value is -2.87. The Morgan fingerprint density at radius 1 is 0.605 bits per heavy atom. The highest BCUT2D eigenvalue weighted by Gasteiger charge is 2.16. The zero-order valence-electron chi connectivity index (χ0n) is 21.0. The minimum absolute atomic E-state index is 0.147. The first kappa shape index (κ1) is 28.1. The topological polar surface area (TPSA) is 54.0 Å². The highest BCUT2D eigenvalue weighted by molar-refractivity contribution is 7.75. The molecule has 0 aromatic heterocycles. The molecule has 0 saturated heterocycles. The van der Waals surface area contributed by atoms with Crippen LogP contribution in [0.5, 0.6) is 11.5 Å². The Kier molecular flexibility index (Phi) is 10.2. The van der Waals surface area contributed by atoms with Gasteiger partial charge in [0.1, 0.15) is 36.9 Å². The van der Waals surface area contributed by atoms with Crippen molar-refractivity contribution < 1.29 is 22.0 Å². The van der Waals surface area contributed by atoms with E-state index in [0.717, 1.165) is 22.3 Å². The van der Waals surface area contributed by atoms with Crippen LogP contribution in [0.1, 0.15) is 13.8 Å². The molecule has 0 aliphatic rings. The molecular weight excluding hydrogens is 543 g/mol. The minimum Gasteiger partial charge on any atom is -0.489 e. The maximum absolute atomic E-state index is 12.3. The Balaban J connectivity index is 1.21. The quantitative estimate of drug-likeness (QED) is 0.172. The van der Waals surface area contributed by atoms with Gasteiger partial charge in [-0.3, -0.25) is 8.37 Å². The normalized spacial score (nSPS) is 13.5. The minimum atomic E-state index is -1.99. The number of rotatable bonds is 12. The number of benzene rings is 4. The lowest BCUT2D eigenvalue weighted by Gasteiger charge is -2.17. The Bertz CT molecular complexity index is 1250. The second-order valence-electron chi connectivity index (χ2n) is 8.66. The second-order valence-corrected chi connectivity index (χ2v) is 10.3. The summed E-state index contributed by atoms with van der Waals surface area (Å²) in [7, 11) is 0. The lowest BCUT2D eigenvalue weighted by molar-refractivity contribution is 0.103. The monoisotopic (exact) mass is 570 g/mol. The number of hydrogen-bond donors (Lipinski definition) is 0. The van der Waals surface area contributed by atoms with Crippen molar-refractivity contribution in [2.45, 2.75) is 26.1 Å². The van der Waals surface area contributed by atoms with Gasteiger partial charge in [-0.25, -0.2) is 0 Å². The van der Waals surface area contributed by atoms with E-state index in [-0.39, 0.29) is 13.2 Å². The van der Waals surface area contributed by atoms with Gasteiger partial charge in [-0.1, -0.05) is 96.0 Å². The zero-order valence-corrected chi connectivity index (χ0v) is 23.3. The van der Waals surface area contributed by atoms with Crippen LogP contribution in [0.3, 0.4) is 0 Å². The number of ether oxygens (including phenoxy) is 2. The molecule has 38 heavy (non-hydrogen) atoms. The third-order valence-corrected chi connectivity index (χ3v) is 7.07. The summed E-state index contributed by atoms with van der Waals surface area (Å²) in [5.74, 6) is 1.04. The molecule has 0 aliphatic heterocycles. The van der Waals surface area contributed by atoms with Crippen molar-refractivity contribution in [3.8, 4) is 33.8 Å². The van der Waals surface area contributed by atoms with Crippen LogP contribution in [0, 0.1) is 0 Å². The third kappa shape index (κ3) is 8.06. The highest BCUT2D eigenvalue weighted by atomic mass is 35.5. The molecule has 0 bridgehead atoms. The molecule has 0 amide bonds. The first-order valence-corrected chi connectivity index (χ1v) is 13.9. The van der Waals surface area contributed by atoms with E-state index in [2.05, 4.69) is 0 Å². The molecule has 2 unspecified atom stereocenters. The van der Waals surface area contributed by atoms with Crippen molar-refractivity contribution in [3.05, 3.63) is 107 Å². The third-order valence-electron chi connectivity index (χ3n) is 5.51. The molecule has 4 rings (SSSR count). The van der Waals surface area contributed by atoms with Crippen LogP contribution in [0.25, 0.3) is 22.3 Å². The van der Waals surface area contributed by atoms with Crippen molar-refractivity contribution in [2.24, 2.45) is 0 Å². The maximum Gasteiger partial charge on any atom is 0.305 e. The summed E-state index contributed by atoms with van der Waals surface area (Å²) in [4.78, 5) is 0. The van der Waals surface area contributed by atoms with E-state index in [1.807, 2.05) is 97.1 Å². The van der Waals surface area contributed by atoms with Crippen LogP contribution < -0.4 is 9.47 Å². The molecule has 0 spiro atoms. The number of hydrogen-bond acceptors (Lipinski definition) is 5. The fraction of sp³-hybridized carbons (Fsp3) is 0.200. The molecule has 5 nitrogen and oxygen atoms in total. The van der Waals surface area contributed by atoms with Gasteiger partial charge in [0.2, 0.25) is 0 Å². The maximum atomic E-state index is 12.3. The molecule has 0 heterocycles. The smallest absolute Gasteiger partial charge is 0.305 e. The van der Waals surface area contributed by atoms with Gasteiger partial charge >= 0.3 is 11.4 Å². The van der Waals surface area contributed by atoms with Gasteiger partial charge in [0.05, 0.1) is 10.0 Å². The lowest BCUT2D eigenvalue weighted by Crippen LogP contribution is -2.25. The molecule has 0 saturated carbocycles. The zero-order chi connectivity index (χ0) is 26.9. The van der Waals surface area contributed by atoms with Crippen molar-refractivity contribution in [1.82, 2.24) is 0 Å². The van der Waals surface area contributed by atoms with E-state index < -0.39 is 23.6 Å². The lowest BCUT2D eigenvalue weighted by atomic mass is 10.1. The molecule has 198 valence electrons. The summed E-state index contributed by atoms with van der Waals surface area (Å²) in [5, 5.41) is 0.967. The summed E-state index contributed by atoms with van der Waals surface area (Å²) < 4.78 is 34.7. The van der Waals surface area contributed by atoms with Gasteiger partial charge in [0.25, 0.3) is 0 Å². The first-order valence-electron chi connectivity index (χ1n) is 12.1. The fourth-order valence-corrected chi connectivity index (χ4v) is 4.78. The molecule has 0 N–H and O–H groups in total. The van der Waals surface area contributed by atoms with Crippen molar-refractivity contribution in [3.63, 3.8) is 0 Å². The van der Waals surface area contributed by atoms with E-state index in [1.54, 1.807) is 13.8 Å². The molecule has 0 fully saturated rings. The Morgan fingerprint density at radius 2 is 1.00 bits per heavy atom. The average molecular weight is 572 g/mol. The van der Waals surface area contributed by atoms with Gasteiger partial charge in [0, 0.05) is 0 Å². The fourth-order valence-electron chi connectivity index (χ4n) is 3.62. The predicted octanol–water partition coefficient (Wildman–Crippen LogP) is 8.17. The predicted molar refractivity (Wildman–Crippen MR) is 154 cm³/mol. The van der Waals surface area contributed by atoms with Gasteiger partial charge in [0.15, 0.2) is 0 Å². The standard InChI is InChI=1S/C30H28Cl2O5S/c1-21(19-34-29-15-13-25(17-27(29)31)23-9-5-3-6-10-23)36-38(33)37-22(2)20-35-30-16-14-26(18-28(30)32)24-11-7-4-8-12-24/h3-18,21-22H,19-20H2,1-2H3. The summed E-state index contributed by atoms with van der Waals surface area (Å²) >= 11 is 10.8. The van der Waals surface area contributed by atoms with Crippen molar-refractivity contribution >= 4 is 34.6 Å². The SMILES string of the molecule is CC(COc1ccc(-c2ccccc2)cc1Cl)OS(=O)OC(C)COc1ccc(-c2ccccc2)cc1Cl. The first-order chi connectivity index (χ1) is 18.4. The summed E-state index contributed by atoms with van der Waals surface area (Å²) in [6.45, 7) is 3.77. The van der Waals surface area contributed by atoms with Crippen LogP contribution in [0.4, 0.5) is 0 Å². The van der Waals surface area contributed by atoms with Gasteiger partial charge in [-0.05, 0) is 60.4 Å². The van der Waals surface area contributed by atoms with E-state index in [9.17, 15) is 4.21 Å². The van der Waals surface area contributed by atoms with E-state index in [0.29, 0.717) is 21.5 Å². The molecule has 8 heteroatoms. The number of halogens is 2. The Morgan fingerprint density at radius 3 is 1.37 bits per heavy atom. The Labute approximate surface area is 236 Å². The summed E-state index contributed by atoms with van der Waals surface area (Å²) in [5.41, 5.74) is 4.11. The van der Waals surface area contributed by atoms with Gasteiger partial charge in [-0.2, -0.15) is 4.21 Å². The average Bonchev–Trinajstić information content (AvgIpc) is 2.92. The highest BCUT2D eigenvalue weighted by Crippen LogP contribution is 2.31. The summed E-state index contributed by atoms with van der Waals surface area (Å²) in [6.07, 6.45) is -1.01. The van der Waals surface area contributed by atoms with E-state index in [1.165, 1.54) is 0 Å². The molecule has 4 aromatic carbocycles. The molecule has 0 radical (unpaired) electrons. The van der Waals surface area contributed by atoms with E-state index in [4.69, 9.17) is 41.0 Å². The van der Waals surface area contributed by atoms with Crippen molar-refractivity contribution in [2.75, 3.05) is 13.2 Å². The summed E-state index contributed by atoms with van der Waals surface area (Å²) in [6, 6.07) is 31.1. The molecular formula is C30H28Cl2O5S. The van der Waals surface area contributed by atoms with Crippen LogP contribution in [-0.4, -0.2) is 29.6 Å². The van der Waals surface area contributed by atoms with Crippen LogP contribution in [0.15, 0.2) is 97.1 Å². The van der Waals surface area contributed by atoms with Crippen LogP contribution in [-0.2, 0) is 19.7 Å². The molecule has 0 aliphatic carbocycles.